The van der Waals surface area contributed by atoms with Crippen LogP contribution >= 0.6 is 0 Å². The Morgan fingerprint density at radius 1 is 1.36 bits per heavy atom. The second-order valence-corrected chi connectivity index (χ2v) is 6.08. The molecule has 0 spiro atoms. The molecule has 0 amide bonds. The van der Waals surface area contributed by atoms with Crippen LogP contribution in [0, 0.1) is 11.7 Å². The number of hydrogen-bond donors (Lipinski definition) is 0. The fraction of sp³-hybridized carbons (Fsp3) is 0.438. The summed E-state index contributed by atoms with van der Waals surface area (Å²) in [6.07, 6.45) is 2.92. The average Bonchev–Trinajstić information content (AvgIpc) is 3.07. The molecular formula is C16H17FN4O. The van der Waals surface area contributed by atoms with Gasteiger partial charge in [0.2, 0.25) is 5.89 Å². The van der Waals surface area contributed by atoms with E-state index in [1.807, 2.05) is 6.92 Å². The predicted octanol–water partition coefficient (Wildman–Crippen LogP) is 3.62. The van der Waals surface area contributed by atoms with Crippen molar-refractivity contribution < 1.29 is 8.91 Å². The topological polar surface area (TPSA) is 56.7 Å². The summed E-state index contributed by atoms with van der Waals surface area (Å²) in [5, 5.41) is 9.47. The Labute approximate surface area is 127 Å². The SMILES string of the molecule is CCc1nn(-c2noc(C3CC(C)C3)n2)c2cc(F)ccc12. The van der Waals surface area contributed by atoms with E-state index in [2.05, 4.69) is 22.2 Å². The first-order chi connectivity index (χ1) is 10.7. The van der Waals surface area contributed by atoms with Gasteiger partial charge in [0, 0.05) is 17.4 Å². The predicted molar refractivity (Wildman–Crippen MR) is 79.4 cm³/mol. The molecule has 22 heavy (non-hydrogen) atoms. The lowest BCUT2D eigenvalue weighted by molar-refractivity contribution is 0.227. The summed E-state index contributed by atoms with van der Waals surface area (Å²) in [7, 11) is 0. The Balaban J connectivity index is 1.79. The van der Waals surface area contributed by atoms with Crippen molar-refractivity contribution in [2.24, 2.45) is 5.92 Å². The fourth-order valence-corrected chi connectivity index (χ4v) is 3.15. The quantitative estimate of drug-likeness (QED) is 0.741. The Hall–Kier alpha value is -2.24. The van der Waals surface area contributed by atoms with Gasteiger partial charge in [0.25, 0.3) is 5.95 Å². The highest BCUT2D eigenvalue weighted by Gasteiger charge is 2.31. The van der Waals surface area contributed by atoms with E-state index in [1.165, 1.54) is 12.1 Å². The number of fused-ring (bicyclic) bond motifs is 1. The molecule has 4 rings (SSSR count). The number of halogens is 1. The van der Waals surface area contributed by atoms with E-state index in [0.29, 0.717) is 29.2 Å². The van der Waals surface area contributed by atoms with Gasteiger partial charge in [-0.3, -0.25) is 0 Å². The molecule has 1 aromatic carbocycles. The van der Waals surface area contributed by atoms with Crippen LogP contribution in [-0.4, -0.2) is 19.9 Å². The molecule has 6 heteroatoms. The standard InChI is InChI=1S/C16H17FN4O/c1-3-13-12-5-4-11(17)8-14(12)21(19-13)16-18-15(22-20-16)10-6-9(2)7-10/h4-5,8-10H,3,6-7H2,1-2H3. The Morgan fingerprint density at radius 2 is 2.18 bits per heavy atom. The van der Waals surface area contributed by atoms with Crippen LogP contribution in [0.15, 0.2) is 22.7 Å². The van der Waals surface area contributed by atoms with Gasteiger partial charge >= 0.3 is 0 Å². The van der Waals surface area contributed by atoms with Crippen LogP contribution in [0.4, 0.5) is 4.39 Å². The van der Waals surface area contributed by atoms with E-state index in [0.717, 1.165) is 30.3 Å². The van der Waals surface area contributed by atoms with E-state index < -0.39 is 0 Å². The van der Waals surface area contributed by atoms with E-state index in [4.69, 9.17) is 4.52 Å². The van der Waals surface area contributed by atoms with E-state index in [-0.39, 0.29) is 5.82 Å². The van der Waals surface area contributed by atoms with Crippen molar-refractivity contribution in [3.8, 4) is 5.95 Å². The molecule has 0 bridgehead atoms. The van der Waals surface area contributed by atoms with Crippen molar-refractivity contribution in [1.82, 2.24) is 19.9 Å². The lowest BCUT2D eigenvalue weighted by atomic mass is 9.76. The van der Waals surface area contributed by atoms with Gasteiger partial charge in [-0.15, -0.1) is 0 Å². The van der Waals surface area contributed by atoms with Gasteiger partial charge in [-0.2, -0.15) is 14.8 Å². The summed E-state index contributed by atoms with van der Waals surface area (Å²) in [6, 6.07) is 4.66. The van der Waals surface area contributed by atoms with Crippen molar-refractivity contribution in [2.45, 2.75) is 39.0 Å². The monoisotopic (exact) mass is 300 g/mol. The van der Waals surface area contributed by atoms with E-state index in [9.17, 15) is 4.39 Å². The maximum atomic E-state index is 13.6. The van der Waals surface area contributed by atoms with Crippen LogP contribution in [0.5, 0.6) is 0 Å². The Morgan fingerprint density at radius 3 is 2.91 bits per heavy atom. The molecule has 1 aliphatic rings. The summed E-state index contributed by atoms with van der Waals surface area (Å²) in [5.74, 6) is 1.80. The van der Waals surface area contributed by atoms with Gasteiger partial charge in [0.15, 0.2) is 0 Å². The van der Waals surface area contributed by atoms with Gasteiger partial charge < -0.3 is 4.52 Å². The number of hydrogen-bond acceptors (Lipinski definition) is 4. The number of nitrogens with zero attached hydrogens (tertiary/aromatic N) is 4. The molecule has 2 aromatic heterocycles. The molecule has 1 saturated carbocycles. The van der Waals surface area contributed by atoms with Gasteiger partial charge in [0.1, 0.15) is 5.82 Å². The molecule has 0 unspecified atom stereocenters. The zero-order chi connectivity index (χ0) is 15.3. The highest BCUT2D eigenvalue weighted by molar-refractivity contribution is 5.83. The summed E-state index contributed by atoms with van der Waals surface area (Å²) in [4.78, 5) is 4.46. The van der Waals surface area contributed by atoms with Gasteiger partial charge in [0.05, 0.1) is 11.2 Å². The average molecular weight is 300 g/mol. The third kappa shape index (κ3) is 2.01. The zero-order valence-electron chi connectivity index (χ0n) is 12.6. The molecule has 1 fully saturated rings. The number of aryl methyl sites for hydroxylation is 1. The smallest absolute Gasteiger partial charge is 0.291 e. The molecule has 0 N–H and O–H groups in total. The minimum absolute atomic E-state index is 0.298. The second kappa shape index (κ2) is 4.90. The van der Waals surface area contributed by atoms with Crippen LogP contribution in [0.3, 0.4) is 0 Å². The summed E-state index contributed by atoms with van der Waals surface area (Å²) >= 11 is 0. The number of benzene rings is 1. The molecule has 2 heterocycles. The first kappa shape index (κ1) is 13.4. The third-order valence-corrected chi connectivity index (χ3v) is 4.40. The first-order valence-electron chi connectivity index (χ1n) is 7.67. The molecule has 0 radical (unpaired) electrons. The molecule has 0 saturated heterocycles. The van der Waals surface area contributed by atoms with Crippen molar-refractivity contribution in [2.75, 3.05) is 0 Å². The lowest BCUT2D eigenvalue weighted by Crippen LogP contribution is -2.19. The van der Waals surface area contributed by atoms with Crippen molar-refractivity contribution in [3.05, 3.63) is 35.6 Å². The van der Waals surface area contributed by atoms with Crippen LogP contribution in [0.25, 0.3) is 16.9 Å². The van der Waals surface area contributed by atoms with Crippen LogP contribution in [0.2, 0.25) is 0 Å². The number of rotatable bonds is 3. The van der Waals surface area contributed by atoms with Crippen molar-refractivity contribution >= 4 is 10.9 Å². The van der Waals surface area contributed by atoms with Crippen molar-refractivity contribution in [1.29, 1.82) is 0 Å². The van der Waals surface area contributed by atoms with Gasteiger partial charge in [-0.1, -0.05) is 13.8 Å². The zero-order valence-corrected chi connectivity index (χ0v) is 12.6. The minimum atomic E-state index is -0.298. The maximum absolute atomic E-state index is 13.6. The Bertz CT molecular complexity index is 832. The molecule has 3 aromatic rings. The summed E-state index contributed by atoms with van der Waals surface area (Å²) in [5.41, 5.74) is 1.57. The highest BCUT2D eigenvalue weighted by Crippen LogP contribution is 2.40. The largest absolute Gasteiger partial charge is 0.337 e. The summed E-state index contributed by atoms with van der Waals surface area (Å²) in [6.45, 7) is 4.23. The van der Waals surface area contributed by atoms with Crippen LogP contribution < -0.4 is 0 Å². The lowest BCUT2D eigenvalue weighted by Gasteiger charge is -2.29. The van der Waals surface area contributed by atoms with Crippen LogP contribution in [-0.2, 0) is 6.42 Å². The molecule has 114 valence electrons. The number of aromatic nitrogens is 4. The van der Waals surface area contributed by atoms with Gasteiger partial charge in [-0.25, -0.2) is 4.39 Å². The molecule has 0 atom stereocenters. The van der Waals surface area contributed by atoms with Gasteiger partial charge in [-0.05, 0) is 42.5 Å². The Kier molecular flexibility index (Phi) is 2.99. The maximum Gasteiger partial charge on any atom is 0.291 e. The molecule has 0 aliphatic heterocycles. The first-order valence-corrected chi connectivity index (χ1v) is 7.67. The second-order valence-electron chi connectivity index (χ2n) is 6.08. The van der Waals surface area contributed by atoms with E-state index >= 15 is 0 Å². The molecule has 1 aliphatic carbocycles. The van der Waals surface area contributed by atoms with Crippen LogP contribution in [0.1, 0.15) is 44.2 Å². The third-order valence-electron chi connectivity index (χ3n) is 4.40. The minimum Gasteiger partial charge on any atom is -0.337 e. The molecular weight excluding hydrogens is 283 g/mol. The fourth-order valence-electron chi connectivity index (χ4n) is 3.15. The normalized spacial score (nSPS) is 21.2. The van der Waals surface area contributed by atoms with Crippen molar-refractivity contribution in [3.63, 3.8) is 0 Å². The summed E-state index contributed by atoms with van der Waals surface area (Å²) < 4.78 is 20.5. The van der Waals surface area contributed by atoms with E-state index in [1.54, 1.807) is 10.7 Å². The molecule has 5 nitrogen and oxygen atoms in total. The highest BCUT2D eigenvalue weighted by atomic mass is 19.1.